The van der Waals surface area contributed by atoms with Gasteiger partial charge in [-0.1, -0.05) is 30.3 Å². The average Bonchev–Trinajstić information content (AvgIpc) is 2.90. The number of nitrogens with two attached hydrogens (primary N) is 1. The van der Waals surface area contributed by atoms with Gasteiger partial charge in [0.15, 0.2) is 11.6 Å². The van der Waals surface area contributed by atoms with Crippen LogP contribution in [0.15, 0.2) is 30.3 Å². The summed E-state index contributed by atoms with van der Waals surface area (Å²) >= 11 is 0. The van der Waals surface area contributed by atoms with Crippen molar-refractivity contribution in [3.8, 4) is 11.4 Å². The van der Waals surface area contributed by atoms with Crippen molar-refractivity contribution in [2.75, 3.05) is 6.54 Å². The van der Waals surface area contributed by atoms with Crippen LogP contribution in [-0.4, -0.2) is 38.2 Å². The maximum Gasteiger partial charge on any atom is 0.239 e. The van der Waals surface area contributed by atoms with Crippen LogP contribution < -0.4 is 5.73 Å². The molecule has 1 amide bonds. The molecule has 2 N–H and O–H groups in total. The van der Waals surface area contributed by atoms with Crippen LogP contribution in [0.2, 0.25) is 0 Å². The minimum atomic E-state index is -0.474. The van der Waals surface area contributed by atoms with Gasteiger partial charge in [-0.15, -0.1) is 22.6 Å². The van der Waals surface area contributed by atoms with E-state index in [4.69, 9.17) is 5.73 Å². The van der Waals surface area contributed by atoms with Crippen molar-refractivity contribution in [3.05, 3.63) is 36.2 Å². The third kappa shape index (κ3) is 2.91. The van der Waals surface area contributed by atoms with E-state index in [1.807, 2.05) is 30.3 Å². The van der Waals surface area contributed by atoms with E-state index in [1.54, 1.807) is 11.8 Å². The van der Waals surface area contributed by atoms with Crippen LogP contribution in [0, 0.1) is 0 Å². The highest BCUT2D eigenvalue weighted by molar-refractivity contribution is 5.85. The largest absolute Gasteiger partial charge is 0.332 e. The second kappa shape index (κ2) is 6.24. The molecule has 112 valence electrons. The molecule has 0 saturated heterocycles. The number of hydrogen-bond donors (Lipinski definition) is 1. The van der Waals surface area contributed by atoms with Gasteiger partial charge in [-0.2, -0.15) is 0 Å². The molecule has 2 heterocycles. The Morgan fingerprint density at radius 3 is 2.62 bits per heavy atom. The summed E-state index contributed by atoms with van der Waals surface area (Å²) in [6, 6.07) is 9.48. The molecule has 0 radical (unpaired) electrons. The lowest BCUT2D eigenvalue weighted by atomic mass is 10.2. The van der Waals surface area contributed by atoms with Gasteiger partial charge in [0, 0.05) is 18.7 Å². The number of amides is 1. The number of hydrogen-bond acceptors (Lipinski definition) is 4. The fourth-order valence-corrected chi connectivity index (χ4v) is 2.43. The predicted octanol–water partition coefficient (Wildman–Crippen LogP) is 1.06. The van der Waals surface area contributed by atoms with Gasteiger partial charge >= 0.3 is 0 Å². The second-order valence-corrected chi connectivity index (χ2v) is 5.01. The molecular formula is C14H18ClN5O. The molecule has 3 rings (SSSR count). The van der Waals surface area contributed by atoms with Gasteiger partial charge in [0.25, 0.3) is 0 Å². The van der Waals surface area contributed by atoms with Crippen molar-refractivity contribution < 1.29 is 4.79 Å². The van der Waals surface area contributed by atoms with E-state index in [-0.39, 0.29) is 18.3 Å². The highest BCUT2D eigenvalue weighted by Crippen LogP contribution is 2.21. The number of carbonyl (C=O) groups excluding carboxylic acids is 1. The van der Waals surface area contributed by atoms with Gasteiger partial charge < -0.3 is 15.2 Å². The van der Waals surface area contributed by atoms with Crippen molar-refractivity contribution >= 4 is 18.3 Å². The minimum Gasteiger partial charge on any atom is -0.332 e. The third-order valence-electron chi connectivity index (χ3n) is 3.49. The number of carbonyl (C=O) groups is 1. The Morgan fingerprint density at radius 2 is 1.95 bits per heavy atom. The summed E-state index contributed by atoms with van der Waals surface area (Å²) in [5, 5.41) is 8.45. The lowest BCUT2D eigenvalue weighted by Gasteiger charge is -2.29. The molecule has 0 fully saturated rings. The van der Waals surface area contributed by atoms with Gasteiger partial charge in [0.2, 0.25) is 5.91 Å². The van der Waals surface area contributed by atoms with E-state index >= 15 is 0 Å². The average molecular weight is 308 g/mol. The highest BCUT2D eigenvalue weighted by Gasteiger charge is 2.26. The Balaban J connectivity index is 0.00000161. The third-order valence-corrected chi connectivity index (χ3v) is 3.49. The van der Waals surface area contributed by atoms with Gasteiger partial charge in [0.05, 0.1) is 12.6 Å². The van der Waals surface area contributed by atoms with E-state index in [2.05, 4.69) is 14.8 Å². The van der Waals surface area contributed by atoms with Gasteiger partial charge in [-0.25, -0.2) is 0 Å². The van der Waals surface area contributed by atoms with E-state index in [0.717, 1.165) is 17.2 Å². The first-order valence-electron chi connectivity index (χ1n) is 6.68. The maximum absolute atomic E-state index is 11.9. The molecule has 2 aromatic rings. The minimum absolute atomic E-state index is 0. The first-order chi connectivity index (χ1) is 9.66. The second-order valence-electron chi connectivity index (χ2n) is 5.01. The van der Waals surface area contributed by atoms with Crippen LogP contribution in [-0.2, 0) is 17.9 Å². The molecule has 1 aromatic heterocycles. The maximum atomic E-state index is 11.9. The summed E-state index contributed by atoms with van der Waals surface area (Å²) < 4.78 is 2.07. The van der Waals surface area contributed by atoms with Crippen molar-refractivity contribution in [2.45, 2.75) is 26.1 Å². The zero-order valence-electron chi connectivity index (χ0n) is 11.8. The molecule has 1 aromatic carbocycles. The molecule has 0 saturated carbocycles. The number of aromatic nitrogens is 3. The molecule has 0 aliphatic carbocycles. The number of halogens is 1. The summed E-state index contributed by atoms with van der Waals surface area (Å²) in [5.74, 6) is 1.62. The lowest BCUT2D eigenvalue weighted by molar-refractivity contribution is -0.133. The van der Waals surface area contributed by atoms with Crippen molar-refractivity contribution in [3.63, 3.8) is 0 Å². The number of rotatable bonds is 2. The molecule has 1 unspecified atom stereocenters. The molecule has 1 atom stereocenters. The quantitative estimate of drug-likeness (QED) is 0.900. The molecule has 21 heavy (non-hydrogen) atoms. The predicted molar refractivity (Wildman–Crippen MR) is 81.8 cm³/mol. The Labute approximate surface area is 129 Å². The SMILES string of the molecule is CC(N)C(=O)N1CCn2c(nnc2-c2ccccc2)C1.Cl. The normalized spacial score (nSPS) is 15.0. The Kier molecular flexibility index (Phi) is 4.59. The zero-order chi connectivity index (χ0) is 14.1. The van der Waals surface area contributed by atoms with E-state index in [0.29, 0.717) is 19.6 Å². The van der Waals surface area contributed by atoms with Crippen molar-refractivity contribution in [1.82, 2.24) is 19.7 Å². The lowest BCUT2D eigenvalue weighted by Crippen LogP contribution is -2.45. The molecule has 0 bridgehead atoms. The zero-order valence-corrected chi connectivity index (χ0v) is 12.6. The fraction of sp³-hybridized carbons (Fsp3) is 0.357. The number of benzene rings is 1. The Morgan fingerprint density at radius 1 is 1.24 bits per heavy atom. The van der Waals surface area contributed by atoms with Crippen LogP contribution in [0.1, 0.15) is 12.7 Å². The van der Waals surface area contributed by atoms with Crippen molar-refractivity contribution in [2.24, 2.45) is 5.73 Å². The summed E-state index contributed by atoms with van der Waals surface area (Å²) in [7, 11) is 0. The van der Waals surface area contributed by atoms with Gasteiger partial charge in [-0.3, -0.25) is 4.79 Å². The van der Waals surface area contributed by atoms with Crippen LogP contribution in [0.4, 0.5) is 0 Å². The van der Waals surface area contributed by atoms with Crippen LogP contribution >= 0.6 is 12.4 Å². The summed E-state index contributed by atoms with van der Waals surface area (Å²) in [6.45, 7) is 3.52. The van der Waals surface area contributed by atoms with Crippen LogP contribution in [0.5, 0.6) is 0 Å². The van der Waals surface area contributed by atoms with E-state index in [9.17, 15) is 4.79 Å². The smallest absolute Gasteiger partial charge is 0.239 e. The van der Waals surface area contributed by atoms with Crippen molar-refractivity contribution in [1.29, 1.82) is 0 Å². The molecular weight excluding hydrogens is 290 g/mol. The Hall–Kier alpha value is -1.92. The Bertz CT molecular complexity index is 626. The topological polar surface area (TPSA) is 77.0 Å². The van der Waals surface area contributed by atoms with Crippen LogP contribution in [0.3, 0.4) is 0 Å². The molecule has 1 aliphatic heterocycles. The first kappa shape index (κ1) is 15.5. The molecule has 6 nitrogen and oxygen atoms in total. The van der Waals surface area contributed by atoms with E-state index < -0.39 is 6.04 Å². The molecule has 1 aliphatic rings. The summed E-state index contributed by atoms with van der Waals surface area (Å²) in [4.78, 5) is 13.7. The van der Waals surface area contributed by atoms with Gasteiger partial charge in [0.1, 0.15) is 0 Å². The van der Waals surface area contributed by atoms with Gasteiger partial charge in [-0.05, 0) is 6.92 Å². The molecule has 7 heteroatoms. The molecule has 0 spiro atoms. The summed E-state index contributed by atoms with van der Waals surface area (Å²) in [5.41, 5.74) is 6.69. The standard InChI is InChI=1S/C14H17N5O.ClH/c1-10(15)14(20)18-7-8-19-12(9-18)16-17-13(19)11-5-3-2-4-6-11;/h2-6,10H,7-9,15H2,1H3;1H. The number of fused-ring (bicyclic) bond motifs is 1. The highest BCUT2D eigenvalue weighted by atomic mass is 35.5. The van der Waals surface area contributed by atoms with Crippen LogP contribution in [0.25, 0.3) is 11.4 Å². The first-order valence-corrected chi connectivity index (χ1v) is 6.68. The van der Waals surface area contributed by atoms with E-state index in [1.165, 1.54) is 0 Å². The number of nitrogens with zero attached hydrogens (tertiary/aromatic N) is 4. The monoisotopic (exact) mass is 307 g/mol. The summed E-state index contributed by atoms with van der Waals surface area (Å²) in [6.07, 6.45) is 0. The fourth-order valence-electron chi connectivity index (χ4n) is 2.43.